The van der Waals surface area contributed by atoms with Crippen LogP contribution in [0.3, 0.4) is 0 Å². The Morgan fingerprint density at radius 3 is 2.67 bits per heavy atom. The summed E-state index contributed by atoms with van der Waals surface area (Å²) in [6, 6.07) is 5.53. The number of rotatable bonds is 4. The van der Waals surface area contributed by atoms with E-state index in [-0.39, 0.29) is 5.91 Å². The smallest absolute Gasteiger partial charge is 0.277 e. The van der Waals surface area contributed by atoms with Gasteiger partial charge in [-0.15, -0.1) is 10.2 Å². The predicted molar refractivity (Wildman–Crippen MR) is 101 cm³/mol. The standard InChI is InChI=1S/C19H23N3O4S/c1-12-7-13(2)10-22(9-12)17(23)11-27-19-21-20-18(26-19)14-3-4-15-16(8-14)25-6-5-24-15/h3-4,8,12-13H,5-7,9-11H2,1-2H3/t12-,13+. The van der Waals surface area contributed by atoms with E-state index in [1.807, 2.05) is 23.1 Å². The summed E-state index contributed by atoms with van der Waals surface area (Å²) in [6.45, 7) is 7.13. The molecule has 4 rings (SSSR count). The summed E-state index contributed by atoms with van der Waals surface area (Å²) >= 11 is 1.28. The van der Waals surface area contributed by atoms with Gasteiger partial charge in [0.05, 0.1) is 5.75 Å². The van der Waals surface area contributed by atoms with E-state index in [1.54, 1.807) is 0 Å². The van der Waals surface area contributed by atoms with Gasteiger partial charge in [-0.25, -0.2) is 0 Å². The number of fused-ring (bicyclic) bond motifs is 1. The highest BCUT2D eigenvalue weighted by Crippen LogP contribution is 2.34. The van der Waals surface area contributed by atoms with Crippen LogP contribution in [0.15, 0.2) is 27.8 Å². The minimum absolute atomic E-state index is 0.123. The first-order chi connectivity index (χ1) is 13.1. The molecule has 0 aliphatic carbocycles. The van der Waals surface area contributed by atoms with Crippen LogP contribution in [0.25, 0.3) is 11.5 Å². The lowest BCUT2D eigenvalue weighted by atomic mass is 9.92. The normalized spacial score (nSPS) is 21.9. The Morgan fingerprint density at radius 2 is 1.89 bits per heavy atom. The Hall–Kier alpha value is -2.22. The van der Waals surface area contributed by atoms with Crippen LogP contribution in [0, 0.1) is 11.8 Å². The summed E-state index contributed by atoms with van der Waals surface area (Å²) < 4.78 is 16.8. The Balaban J connectivity index is 1.38. The second-order valence-corrected chi connectivity index (χ2v) is 8.19. The van der Waals surface area contributed by atoms with Gasteiger partial charge in [-0.05, 0) is 36.5 Å². The van der Waals surface area contributed by atoms with Gasteiger partial charge in [0.2, 0.25) is 11.8 Å². The molecule has 2 atom stereocenters. The summed E-state index contributed by atoms with van der Waals surface area (Å²) in [5.74, 6) is 3.33. The third-order valence-corrected chi connectivity index (χ3v) is 5.54. The molecule has 2 aliphatic heterocycles. The highest BCUT2D eigenvalue weighted by Gasteiger charge is 2.25. The fourth-order valence-electron chi connectivity index (χ4n) is 3.64. The summed E-state index contributed by atoms with van der Waals surface area (Å²) in [5, 5.41) is 8.54. The molecule has 0 radical (unpaired) electrons. The molecule has 0 unspecified atom stereocenters. The average molecular weight is 389 g/mol. The molecule has 1 aromatic carbocycles. The summed E-state index contributed by atoms with van der Waals surface area (Å²) in [5.41, 5.74) is 0.767. The Morgan fingerprint density at radius 1 is 1.15 bits per heavy atom. The van der Waals surface area contributed by atoms with Crippen LogP contribution >= 0.6 is 11.8 Å². The molecule has 27 heavy (non-hydrogen) atoms. The van der Waals surface area contributed by atoms with Gasteiger partial charge >= 0.3 is 0 Å². The number of ether oxygens (including phenoxy) is 2. The van der Waals surface area contributed by atoms with Crippen molar-refractivity contribution in [3.8, 4) is 23.0 Å². The van der Waals surface area contributed by atoms with Crippen molar-refractivity contribution in [3.05, 3.63) is 18.2 Å². The van der Waals surface area contributed by atoms with Gasteiger partial charge in [-0.3, -0.25) is 4.79 Å². The zero-order chi connectivity index (χ0) is 18.8. The molecular weight excluding hydrogens is 366 g/mol. The topological polar surface area (TPSA) is 77.7 Å². The summed E-state index contributed by atoms with van der Waals surface area (Å²) in [4.78, 5) is 14.4. The molecule has 1 amide bonds. The maximum atomic E-state index is 12.5. The van der Waals surface area contributed by atoms with E-state index in [1.165, 1.54) is 18.2 Å². The van der Waals surface area contributed by atoms with E-state index in [9.17, 15) is 4.79 Å². The van der Waals surface area contributed by atoms with E-state index in [0.29, 0.717) is 47.7 Å². The molecule has 144 valence electrons. The molecule has 0 N–H and O–H groups in total. The average Bonchev–Trinajstić information content (AvgIpc) is 3.14. The molecule has 8 heteroatoms. The lowest BCUT2D eigenvalue weighted by Gasteiger charge is -2.34. The monoisotopic (exact) mass is 389 g/mol. The number of piperidine rings is 1. The van der Waals surface area contributed by atoms with Gasteiger partial charge in [0, 0.05) is 18.7 Å². The van der Waals surface area contributed by atoms with Crippen LogP contribution in [0.2, 0.25) is 0 Å². The number of nitrogens with zero attached hydrogens (tertiary/aromatic N) is 3. The molecule has 0 spiro atoms. The molecule has 1 aromatic heterocycles. The zero-order valence-electron chi connectivity index (χ0n) is 15.5. The Bertz CT molecular complexity index is 815. The van der Waals surface area contributed by atoms with Crippen LogP contribution in [0.1, 0.15) is 20.3 Å². The number of hydrogen-bond acceptors (Lipinski definition) is 7. The number of aromatic nitrogens is 2. The highest BCUT2D eigenvalue weighted by molar-refractivity contribution is 7.99. The van der Waals surface area contributed by atoms with Crippen molar-refractivity contribution >= 4 is 17.7 Å². The summed E-state index contributed by atoms with van der Waals surface area (Å²) in [7, 11) is 0. The first kappa shape index (κ1) is 18.2. The van der Waals surface area contributed by atoms with E-state index in [2.05, 4.69) is 24.0 Å². The first-order valence-corrected chi connectivity index (χ1v) is 10.2. The van der Waals surface area contributed by atoms with Crippen molar-refractivity contribution < 1.29 is 18.7 Å². The number of hydrogen-bond donors (Lipinski definition) is 0. The van der Waals surface area contributed by atoms with Gasteiger partial charge in [0.15, 0.2) is 11.5 Å². The second kappa shape index (κ2) is 7.80. The van der Waals surface area contributed by atoms with E-state index in [4.69, 9.17) is 13.9 Å². The van der Waals surface area contributed by atoms with Gasteiger partial charge in [0.25, 0.3) is 5.22 Å². The minimum atomic E-state index is 0.123. The van der Waals surface area contributed by atoms with Crippen LogP contribution in [-0.2, 0) is 4.79 Å². The third kappa shape index (κ3) is 4.21. The predicted octanol–water partition coefficient (Wildman–Crippen LogP) is 3.10. The molecule has 2 aliphatic rings. The van der Waals surface area contributed by atoms with Crippen LogP contribution in [-0.4, -0.2) is 53.1 Å². The maximum absolute atomic E-state index is 12.5. The number of likely N-dealkylation sites (tertiary alicyclic amines) is 1. The van der Waals surface area contributed by atoms with Gasteiger partial charge in [-0.1, -0.05) is 25.6 Å². The number of amides is 1. The van der Waals surface area contributed by atoms with Gasteiger partial charge in [0.1, 0.15) is 13.2 Å². The van der Waals surface area contributed by atoms with Crippen molar-refractivity contribution in [3.63, 3.8) is 0 Å². The maximum Gasteiger partial charge on any atom is 0.277 e. The van der Waals surface area contributed by atoms with Crippen LogP contribution in [0.4, 0.5) is 0 Å². The van der Waals surface area contributed by atoms with E-state index in [0.717, 1.165) is 24.4 Å². The number of thioether (sulfide) groups is 1. The van der Waals surface area contributed by atoms with Gasteiger partial charge in [-0.2, -0.15) is 0 Å². The molecule has 7 nitrogen and oxygen atoms in total. The SMILES string of the molecule is C[C@@H]1C[C@H](C)CN(C(=O)CSc2nnc(-c3ccc4c(c3)OCCO4)o2)C1. The molecule has 0 bridgehead atoms. The molecular formula is C19H23N3O4S. The number of benzene rings is 1. The molecule has 0 saturated carbocycles. The fourth-order valence-corrected chi connectivity index (χ4v) is 4.31. The number of carbonyl (C=O) groups excluding carboxylic acids is 1. The molecule has 1 fully saturated rings. The van der Waals surface area contributed by atoms with Crippen LogP contribution in [0.5, 0.6) is 11.5 Å². The van der Waals surface area contributed by atoms with Crippen molar-refractivity contribution in [2.45, 2.75) is 25.5 Å². The van der Waals surface area contributed by atoms with E-state index < -0.39 is 0 Å². The lowest BCUT2D eigenvalue weighted by Crippen LogP contribution is -2.43. The quantitative estimate of drug-likeness (QED) is 0.744. The molecule has 3 heterocycles. The largest absolute Gasteiger partial charge is 0.486 e. The summed E-state index contributed by atoms with van der Waals surface area (Å²) in [6.07, 6.45) is 1.18. The second-order valence-electron chi connectivity index (χ2n) is 7.27. The molecule has 2 aromatic rings. The Kier molecular flexibility index (Phi) is 5.24. The third-order valence-electron chi connectivity index (χ3n) is 4.74. The van der Waals surface area contributed by atoms with Crippen LogP contribution < -0.4 is 9.47 Å². The minimum Gasteiger partial charge on any atom is -0.486 e. The van der Waals surface area contributed by atoms with Crippen molar-refractivity contribution in [1.82, 2.24) is 15.1 Å². The number of carbonyl (C=O) groups is 1. The fraction of sp³-hybridized carbons (Fsp3) is 0.526. The molecule has 1 saturated heterocycles. The van der Waals surface area contributed by atoms with Crippen molar-refractivity contribution in [2.24, 2.45) is 11.8 Å². The Labute approximate surface area is 162 Å². The zero-order valence-corrected chi connectivity index (χ0v) is 16.3. The van der Waals surface area contributed by atoms with Crippen molar-refractivity contribution in [1.29, 1.82) is 0 Å². The van der Waals surface area contributed by atoms with Crippen molar-refractivity contribution in [2.75, 3.05) is 32.1 Å². The first-order valence-electron chi connectivity index (χ1n) is 9.22. The lowest BCUT2D eigenvalue weighted by molar-refractivity contribution is -0.130. The van der Waals surface area contributed by atoms with Gasteiger partial charge < -0.3 is 18.8 Å². The van der Waals surface area contributed by atoms with E-state index >= 15 is 0 Å². The highest BCUT2D eigenvalue weighted by atomic mass is 32.2.